The van der Waals surface area contributed by atoms with Gasteiger partial charge in [0.05, 0.1) is 4.92 Å². The number of carbonyl (C=O) groups is 1. The Balaban J connectivity index is 2.17. The molecule has 1 heterocycles. The maximum atomic E-state index is 12.4. The molecule has 0 aromatic heterocycles. The lowest BCUT2D eigenvalue weighted by atomic mass is 10.1. The second-order valence-electron chi connectivity index (χ2n) is 5.89. The van der Waals surface area contributed by atoms with Crippen molar-refractivity contribution in [2.75, 3.05) is 40.3 Å². The molecule has 1 aromatic carbocycles. The van der Waals surface area contributed by atoms with E-state index in [4.69, 9.17) is 10.5 Å². The molecule has 2 N–H and O–H groups in total. The highest BCUT2D eigenvalue weighted by atomic mass is 16.6. The fourth-order valence-corrected chi connectivity index (χ4v) is 2.41. The number of benzene rings is 1. The monoisotopic (exact) mass is 322 g/mol. The number of hydrogen-bond donors (Lipinski definition) is 1. The summed E-state index contributed by atoms with van der Waals surface area (Å²) >= 11 is 0. The molecule has 1 saturated heterocycles. The Labute approximate surface area is 134 Å². The highest BCUT2D eigenvalue weighted by molar-refractivity contribution is 5.95. The van der Waals surface area contributed by atoms with E-state index in [9.17, 15) is 14.9 Å². The van der Waals surface area contributed by atoms with Crippen molar-refractivity contribution in [1.29, 1.82) is 0 Å². The number of nitro groups is 1. The smallest absolute Gasteiger partial charge is 0.310 e. The predicted molar refractivity (Wildman–Crippen MR) is 85.6 cm³/mol. The van der Waals surface area contributed by atoms with Crippen molar-refractivity contribution >= 4 is 11.6 Å². The van der Waals surface area contributed by atoms with Gasteiger partial charge in [-0.2, -0.15) is 0 Å². The van der Waals surface area contributed by atoms with Crippen LogP contribution in [-0.4, -0.2) is 67.0 Å². The van der Waals surface area contributed by atoms with E-state index in [1.165, 1.54) is 18.2 Å². The molecule has 1 amide bonds. The van der Waals surface area contributed by atoms with E-state index >= 15 is 0 Å². The average Bonchev–Trinajstić information content (AvgIpc) is 2.92. The third kappa shape index (κ3) is 4.40. The molecule has 126 valence electrons. The molecule has 0 bridgehead atoms. The molecule has 1 aromatic rings. The number of likely N-dealkylation sites (tertiary alicyclic amines) is 1. The minimum Gasteiger partial charge on any atom is -0.485 e. The summed E-state index contributed by atoms with van der Waals surface area (Å²) in [7, 11) is 3.77. The number of nitro benzene ring substituents is 1. The Morgan fingerprint density at radius 2 is 2.26 bits per heavy atom. The summed E-state index contributed by atoms with van der Waals surface area (Å²) in [5.74, 6) is -0.0588. The highest BCUT2D eigenvalue weighted by Crippen LogP contribution is 2.29. The molecule has 1 aliphatic rings. The molecule has 0 aliphatic carbocycles. The molecule has 0 spiro atoms. The van der Waals surface area contributed by atoms with Crippen LogP contribution < -0.4 is 10.5 Å². The first-order chi connectivity index (χ1) is 10.9. The van der Waals surface area contributed by atoms with Crippen LogP contribution in [0.1, 0.15) is 16.8 Å². The Morgan fingerprint density at radius 1 is 1.52 bits per heavy atom. The predicted octanol–water partition coefficient (Wildman–Crippen LogP) is 0.708. The first kappa shape index (κ1) is 17.2. The molecule has 0 saturated carbocycles. The van der Waals surface area contributed by atoms with Crippen molar-refractivity contribution < 1.29 is 14.5 Å². The summed E-state index contributed by atoms with van der Waals surface area (Å²) in [5, 5.41) is 11.1. The highest BCUT2D eigenvalue weighted by Gasteiger charge is 2.26. The summed E-state index contributed by atoms with van der Waals surface area (Å²) in [6.07, 6.45) is 0.769. The van der Waals surface area contributed by atoms with Gasteiger partial charge in [0.2, 0.25) is 0 Å². The lowest BCUT2D eigenvalue weighted by Crippen LogP contribution is -2.31. The number of ether oxygens (including phenoxy) is 1. The number of hydrogen-bond acceptors (Lipinski definition) is 6. The fourth-order valence-electron chi connectivity index (χ4n) is 2.41. The third-order valence-corrected chi connectivity index (χ3v) is 3.71. The van der Waals surface area contributed by atoms with Gasteiger partial charge < -0.3 is 20.3 Å². The lowest BCUT2D eigenvalue weighted by Gasteiger charge is -2.16. The molecule has 1 aliphatic heterocycles. The van der Waals surface area contributed by atoms with Gasteiger partial charge in [-0.05, 0) is 26.6 Å². The SMILES string of the molecule is CN(C)CCOc1cc(C(=O)N2CC[C@@H](N)C2)ccc1[N+](=O)[O-]. The van der Waals surface area contributed by atoms with E-state index in [1.807, 2.05) is 19.0 Å². The van der Waals surface area contributed by atoms with E-state index < -0.39 is 4.92 Å². The van der Waals surface area contributed by atoms with Crippen molar-refractivity contribution in [2.24, 2.45) is 5.73 Å². The number of rotatable bonds is 6. The molecule has 2 rings (SSSR count). The lowest BCUT2D eigenvalue weighted by molar-refractivity contribution is -0.385. The molecule has 1 fully saturated rings. The normalized spacial score (nSPS) is 17.6. The third-order valence-electron chi connectivity index (χ3n) is 3.71. The summed E-state index contributed by atoms with van der Waals surface area (Å²) in [4.78, 5) is 26.6. The zero-order chi connectivity index (χ0) is 17.0. The number of amides is 1. The molecule has 23 heavy (non-hydrogen) atoms. The van der Waals surface area contributed by atoms with E-state index in [2.05, 4.69) is 0 Å². The molecular weight excluding hydrogens is 300 g/mol. The van der Waals surface area contributed by atoms with Gasteiger partial charge in [-0.1, -0.05) is 0 Å². The van der Waals surface area contributed by atoms with Crippen molar-refractivity contribution in [3.63, 3.8) is 0 Å². The van der Waals surface area contributed by atoms with Crippen molar-refractivity contribution in [3.8, 4) is 5.75 Å². The number of likely N-dealkylation sites (N-methyl/N-ethyl adjacent to an activating group) is 1. The fraction of sp³-hybridized carbons (Fsp3) is 0.533. The van der Waals surface area contributed by atoms with Gasteiger partial charge >= 0.3 is 5.69 Å². The Bertz CT molecular complexity index is 591. The van der Waals surface area contributed by atoms with Crippen LogP contribution in [-0.2, 0) is 0 Å². The van der Waals surface area contributed by atoms with Crippen molar-refractivity contribution in [1.82, 2.24) is 9.80 Å². The van der Waals surface area contributed by atoms with Crippen LogP contribution in [0.5, 0.6) is 5.75 Å². The van der Waals surface area contributed by atoms with Crippen LogP contribution in [0.4, 0.5) is 5.69 Å². The minimum absolute atomic E-state index is 0.00666. The maximum absolute atomic E-state index is 12.4. The van der Waals surface area contributed by atoms with E-state index in [0.29, 0.717) is 31.8 Å². The van der Waals surface area contributed by atoms with Crippen LogP contribution in [0.25, 0.3) is 0 Å². The number of nitrogens with two attached hydrogens (primary N) is 1. The molecule has 0 radical (unpaired) electrons. The zero-order valence-corrected chi connectivity index (χ0v) is 13.4. The minimum atomic E-state index is -0.509. The van der Waals surface area contributed by atoms with Crippen LogP contribution in [0.3, 0.4) is 0 Å². The standard InChI is InChI=1S/C15H22N4O4/c1-17(2)7-8-23-14-9-11(3-4-13(14)19(21)22)15(20)18-6-5-12(16)10-18/h3-4,9,12H,5-8,10,16H2,1-2H3/t12-/m1/s1. The maximum Gasteiger partial charge on any atom is 0.310 e. The van der Waals surface area contributed by atoms with Gasteiger partial charge in [0.15, 0.2) is 5.75 Å². The Morgan fingerprint density at radius 3 is 2.83 bits per heavy atom. The first-order valence-corrected chi connectivity index (χ1v) is 7.49. The van der Waals surface area contributed by atoms with Crippen LogP contribution in [0, 0.1) is 10.1 Å². The number of nitrogens with zero attached hydrogens (tertiary/aromatic N) is 3. The second kappa shape index (κ2) is 7.38. The van der Waals surface area contributed by atoms with Crippen LogP contribution >= 0.6 is 0 Å². The summed E-state index contributed by atoms with van der Waals surface area (Å²) in [6.45, 7) is 2.04. The van der Waals surface area contributed by atoms with Gasteiger partial charge in [-0.3, -0.25) is 14.9 Å². The molecule has 0 unspecified atom stereocenters. The first-order valence-electron chi connectivity index (χ1n) is 7.49. The van der Waals surface area contributed by atoms with Crippen LogP contribution in [0.15, 0.2) is 18.2 Å². The summed E-state index contributed by atoms with van der Waals surface area (Å²) in [6, 6.07) is 4.21. The van der Waals surface area contributed by atoms with Gasteiger partial charge in [0.25, 0.3) is 5.91 Å². The summed E-state index contributed by atoms with van der Waals surface area (Å²) < 4.78 is 5.51. The van der Waals surface area contributed by atoms with Gasteiger partial charge in [-0.15, -0.1) is 0 Å². The van der Waals surface area contributed by atoms with Crippen molar-refractivity contribution in [3.05, 3.63) is 33.9 Å². The molecular formula is C15H22N4O4. The second-order valence-corrected chi connectivity index (χ2v) is 5.89. The largest absolute Gasteiger partial charge is 0.485 e. The Hall–Kier alpha value is -2.19. The van der Waals surface area contributed by atoms with Crippen LogP contribution in [0.2, 0.25) is 0 Å². The van der Waals surface area contributed by atoms with E-state index in [1.54, 1.807) is 4.90 Å². The molecule has 1 atom stereocenters. The van der Waals surface area contributed by atoms with Gasteiger partial charge in [0, 0.05) is 43.4 Å². The quantitative estimate of drug-likeness (QED) is 0.611. The topological polar surface area (TPSA) is 102 Å². The van der Waals surface area contributed by atoms with E-state index in [-0.39, 0.29) is 23.4 Å². The number of carbonyl (C=O) groups excluding carboxylic acids is 1. The molecule has 8 nitrogen and oxygen atoms in total. The molecule has 8 heteroatoms. The zero-order valence-electron chi connectivity index (χ0n) is 13.4. The average molecular weight is 322 g/mol. The summed E-state index contributed by atoms with van der Waals surface area (Å²) in [5.41, 5.74) is 6.06. The van der Waals surface area contributed by atoms with Crippen molar-refractivity contribution in [2.45, 2.75) is 12.5 Å². The van der Waals surface area contributed by atoms with Gasteiger partial charge in [0.1, 0.15) is 6.61 Å². The van der Waals surface area contributed by atoms with E-state index in [0.717, 1.165) is 6.42 Å². The Kier molecular flexibility index (Phi) is 5.51. The van der Waals surface area contributed by atoms with Gasteiger partial charge in [-0.25, -0.2) is 0 Å².